The molecule has 5 nitrogen and oxygen atoms in total. The van der Waals surface area contributed by atoms with Crippen LogP contribution < -0.4 is 10.1 Å². The van der Waals surface area contributed by atoms with Crippen molar-refractivity contribution in [3.63, 3.8) is 0 Å². The molecule has 0 spiro atoms. The Morgan fingerprint density at radius 1 is 1.00 bits per heavy atom. The van der Waals surface area contributed by atoms with Crippen LogP contribution in [0.5, 0.6) is 5.75 Å². The van der Waals surface area contributed by atoms with E-state index in [9.17, 15) is 9.18 Å². The van der Waals surface area contributed by atoms with Crippen LogP contribution in [0.15, 0.2) is 72.8 Å². The van der Waals surface area contributed by atoms with Gasteiger partial charge in [-0.25, -0.2) is 4.39 Å². The number of nitrogens with one attached hydrogen (secondary N) is 1. The van der Waals surface area contributed by atoms with Gasteiger partial charge >= 0.3 is 0 Å². The van der Waals surface area contributed by atoms with Crippen LogP contribution in [-0.4, -0.2) is 47.5 Å². The zero-order valence-electron chi connectivity index (χ0n) is 20.1. The predicted molar refractivity (Wildman–Crippen MR) is 138 cm³/mol. The Labute approximate surface area is 211 Å². The lowest BCUT2D eigenvalue weighted by Gasteiger charge is -2.44. The normalized spacial score (nSPS) is 18.3. The van der Waals surface area contributed by atoms with E-state index in [-0.39, 0.29) is 30.4 Å². The van der Waals surface area contributed by atoms with Crippen molar-refractivity contribution in [3.05, 3.63) is 94.8 Å². The van der Waals surface area contributed by atoms with E-state index in [1.54, 1.807) is 12.1 Å². The lowest BCUT2D eigenvalue weighted by atomic mass is 10.1. The van der Waals surface area contributed by atoms with Gasteiger partial charge in [0.2, 0.25) is 0 Å². The average Bonchev–Trinajstić information content (AvgIpc) is 2.86. The highest BCUT2D eigenvalue weighted by Gasteiger charge is 2.32. The Kier molecular flexibility index (Phi) is 8.26. The molecule has 3 aromatic carbocycles. The SMILES string of the molecule is C[C@@H]1CN(Cc2ccc(F)cc2)[C@@H](C)CN1C(=O)COc1ccc(Cl)cc1NCc1ccccc1. The van der Waals surface area contributed by atoms with Gasteiger partial charge < -0.3 is 15.0 Å². The molecule has 0 radical (unpaired) electrons. The first-order valence-electron chi connectivity index (χ1n) is 11.9. The quantitative estimate of drug-likeness (QED) is 0.442. The van der Waals surface area contributed by atoms with Gasteiger partial charge in [0.1, 0.15) is 11.6 Å². The van der Waals surface area contributed by atoms with Crippen LogP contribution in [0, 0.1) is 5.82 Å². The average molecular weight is 496 g/mol. The van der Waals surface area contributed by atoms with E-state index in [0.717, 1.165) is 29.9 Å². The van der Waals surface area contributed by atoms with Crippen LogP contribution in [0.1, 0.15) is 25.0 Å². The molecular formula is C28H31ClFN3O2. The van der Waals surface area contributed by atoms with Crippen molar-refractivity contribution < 1.29 is 13.9 Å². The zero-order valence-corrected chi connectivity index (χ0v) is 20.8. The van der Waals surface area contributed by atoms with Gasteiger partial charge in [0.25, 0.3) is 5.91 Å². The third kappa shape index (κ3) is 6.74. The number of piperazine rings is 1. The molecule has 1 saturated heterocycles. The number of rotatable bonds is 8. The predicted octanol–water partition coefficient (Wildman–Crippen LogP) is 5.59. The Bertz CT molecular complexity index is 1130. The van der Waals surface area contributed by atoms with Crippen molar-refractivity contribution in [2.45, 2.75) is 39.0 Å². The minimum absolute atomic E-state index is 0.0450. The van der Waals surface area contributed by atoms with E-state index in [1.165, 1.54) is 12.1 Å². The number of hydrogen-bond acceptors (Lipinski definition) is 4. The fourth-order valence-electron chi connectivity index (χ4n) is 4.37. The number of benzene rings is 3. The fourth-order valence-corrected chi connectivity index (χ4v) is 4.54. The van der Waals surface area contributed by atoms with Gasteiger partial charge in [-0.15, -0.1) is 0 Å². The molecule has 1 aliphatic rings. The van der Waals surface area contributed by atoms with Crippen molar-refractivity contribution in [1.29, 1.82) is 0 Å². The summed E-state index contributed by atoms with van der Waals surface area (Å²) in [5.41, 5.74) is 2.95. The van der Waals surface area contributed by atoms with Crippen LogP contribution in [-0.2, 0) is 17.9 Å². The lowest BCUT2D eigenvalue weighted by molar-refractivity contribution is -0.139. The molecule has 1 amide bonds. The molecule has 0 aliphatic carbocycles. The number of anilines is 1. The summed E-state index contributed by atoms with van der Waals surface area (Å²) < 4.78 is 19.2. The van der Waals surface area contributed by atoms with Crippen molar-refractivity contribution in [3.8, 4) is 5.75 Å². The van der Waals surface area contributed by atoms with Crippen LogP contribution in [0.3, 0.4) is 0 Å². The molecule has 2 atom stereocenters. The largest absolute Gasteiger partial charge is 0.482 e. The third-order valence-electron chi connectivity index (χ3n) is 6.35. The van der Waals surface area contributed by atoms with Gasteiger partial charge in [-0.3, -0.25) is 9.69 Å². The van der Waals surface area contributed by atoms with E-state index < -0.39 is 0 Å². The molecule has 0 bridgehead atoms. The summed E-state index contributed by atoms with van der Waals surface area (Å²) in [6.07, 6.45) is 0. The highest BCUT2D eigenvalue weighted by molar-refractivity contribution is 6.30. The van der Waals surface area contributed by atoms with E-state index in [2.05, 4.69) is 24.1 Å². The fraction of sp³-hybridized carbons (Fsp3) is 0.321. The second-order valence-electron chi connectivity index (χ2n) is 9.07. The van der Waals surface area contributed by atoms with Crippen molar-refractivity contribution in [2.24, 2.45) is 0 Å². The Morgan fingerprint density at radius 3 is 2.49 bits per heavy atom. The molecule has 3 aromatic rings. The molecule has 1 N–H and O–H groups in total. The van der Waals surface area contributed by atoms with Gasteiger partial charge in [0, 0.05) is 43.3 Å². The first-order chi connectivity index (χ1) is 16.9. The summed E-state index contributed by atoms with van der Waals surface area (Å²) in [5.74, 6) is 0.314. The zero-order chi connectivity index (χ0) is 24.8. The molecule has 35 heavy (non-hydrogen) atoms. The van der Waals surface area contributed by atoms with Gasteiger partial charge in [0.05, 0.1) is 5.69 Å². The second kappa shape index (κ2) is 11.6. The standard InChI is InChI=1S/C28H31ClFN3O2/c1-20-17-33(21(2)16-32(20)18-23-8-11-25(30)12-9-23)28(34)19-35-27-13-10-24(29)14-26(27)31-15-22-6-4-3-5-7-22/h3-14,20-21,31H,15-19H2,1-2H3/t20-,21+/m0/s1. The number of hydrogen-bond donors (Lipinski definition) is 1. The molecule has 7 heteroatoms. The minimum atomic E-state index is -0.232. The van der Waals surface area contributed by atoms with Crippen molar-refractivity contribution in [2.75, 3.05) is 25.0 Å². The molecule has 184 valence electrons. The number of amides is 1. The first-order valence-corrected chi connectivity index (χ1v) is 12.2. The van der Waals surface area contributed by atoms with E-state index in [4.69, 9.17) is 16.3 Å². The van der Waals surface area contributed by atoms with Crippen LogP contribution in [0.2, 0.25) is 5.02 Å². The second-order valence-corrected chi connectivity index (χ2v) is 9.50. The maximum atomic E-state index is 13.2. The lowest BCUT2D eigenvalue weighted by Crippen LogP contribution is -2.58. The highest BCUT2D eigenvalue weighted by atomic mass is 35.5. The Balaban J connectivity index is 1.34. The van der Waals surface area contributed by atoms with E-state index in [1.807, 2.05) is 53.4 Å². The summed E-state index contributed by atoms with van der Waals surface area (Å²) in [4.78, 5) is 17.3. The van der Waals surface area contributed by atoms with Crippen LogP contribution in [0.25, 0.3) is 0 Å². The molecule has 1 fully saturated rings. The molecule has 0 unspecified atom stereocenters. The van der Waals surface area contributed by atoms with Gasteiger partial charge in [-0.2, -0.15) is 0 Å². The first kappa shape index (κ1) is 25.0. The smallest absolute Gasteiger partial charge is 0.260 e. The molecule has 4 rings (SSSR count). The Morgan fingerprint density at radius 2 is 1.74 bits per heavy atom. The molecule has 0 aromatic heterocycles. The molecule has 1 heterocycles. The monoisotopic (exact) mass is 495 g/mol. The minimum Gasteiger partial charge on any atom is -0.482 e. The summed E-state index contributed by atoms with van der Waals surface area (Å²) >= 11 is 6.20. The van der Waals surface area contributed by atoms with E-state index in [0.29, 0.717) is 23.9 Å². The van der Waals surface area contributed by atoms with Gasteiger partial charge in [-0.05, 0) is 55.3 Å². The van der Waals surface area contributed by atoms with Gasteiger partial charge in [-0.1, -0.05) is 54.1 Å². The topological polar surface area (TPSA) is 44.8 Å². The highest BCUT2D eigenvalue weighted by Crippen LogP contribution is 2.29. The van der Waals surface area contributed by atoms with E-state index >= 15 is 0 Å². The van der Waals surface area contributed by atoms with Crippen molar-refractivity contribution >= 4 is 23.2 Å². The van der Waals surface area contributed by atoms with Gasteiger partial charge in [0.15, 0.2) is 6.61 Å². The summed E-state index contributed by atoms with van der Waals surface area (Å²) in [6.45, 7) is 6.83. The third-order valence-corrected chi connectivity index (χ3v) is 6.59. The number of carbonyl (C=O) groups is 1. The maximum absolute atomic E-state index is 13.2. The Hall–Kier alpha value is -3.09. The van der Waals surface area contributed by atoms with Crippen LogP contribution in [0.4, 0.5) is 10.1 Å². The molecule has 1 aliphatic heterocycles. The maximum Gasteiger partial charge on any atom is 0.260 e. The summed E-state index contributed by atoms with van der Waals surface area (Å²) in [5, 5.41) is 3.95. The molecule has 0 saturated carbocycles. The summed E-state index contributed by atoms with van der Waals surface area (Å²) in [7, 11) is 0. The number of ether oxygens (including phenoxy) is 1. The van der Waals surface area contributed by atoms with Crippen molar-refractivity contribution in [1.82, 2.24) is 9.80 Å². The number of halogens is 2. The summed E-state index contributed by atoms with van der Waals surface area (Å²) in [6, 6.07) is 22.2. The van der Waals surface area contributed by atoms with Crippen LogP contribution >= 0.6 is 11.6 Å². The number of carbonyl (C=O) groups excluding carboxylic acids is 1. The molecular weight excluding hydrogens is 465 g/mol. The number of nitrogens with zero attached hydrogens (tertiary/aromatic N) is 2.